The summed E-state index contributed by atoms with van der Waals surface area (Å²) in [7, 11) is 0. The number of carbonyl (C=O) groups excluding carboxylic acids is 1. The molecular formula is C21H21N9O. The zero-order chi connectivity index (χ0) is 20.8. The summed E-state index contributed by atoms with van der Waals surface area (Å²) in [6, 6.07) is 5.68. The summed E-state index contributed by atoms with van der Waals surface area (Å²) in [5.41, 5.74) is 2.25. The van der Waals surface area contributed by atoms with Gasteiger partial charge in [-0.3, -0.25) is 19.3 Å². The van der Waals surface area contributed by atoms with Crippen LogP contribution in [0.3, 0.4) is 0 Å². The average Bonchev–Trinajstić information content (AvgIpc) is 3.20. The lowest BCUT2D eigenvalue weighted by Gasteiger charge is -2.23. The van der Waals surface area contributed by atoms with Gasteiger partial charge in [-0.1, -0.05) is 0 Å². The van der Waals surface area contributed by atoms with Gasteiger partial charge in [-0.25, -0.2) is 9.97 Å². The number of fused-ring (bicyclic) bond motifs is 1. The molecular weight excluding hydrogens is 394 g/mol. The van der Waals surface area contributed by atoms with Crippen LogP contribution in [0, 0.1) is 0 Å². The Morgan fingerprint density at radius 3 is 2.97 bits per heavy atom. The average molecular weight is 415 g/mol. The molecule has 1 amide bonds. The first-order valence-electron chi connectivity index (χ1n) is 10.5. The normalized spacial score (nSPS) is 18.6. The van der Waals surface area contributed by atoms with Crippen LogP contribution < -0.4 is 5.32 Å². The molecule has 0 radical (unpaired) electrons. The number of hydrogen-bond donors (Lipinski definition) is 2. The molecule has 10 nitrogen and oxygen atoms in total. The highest BCUT2D eigenvalue weighted by atomic mass is 16.2. The first-order chi connectivity index (χ1) is 15.3. The lowest BCUT2D eigenvalue weighted by atomic mass is 10.2. The third kappa shape index (κ3) is 3.29. The van der Waals surface area contributed by atoms with Gasteiger partial charge in [-0.05, 0) is 37.8 Å². The minimum Gasteiger partial charge on any atom is -0.327 e. The summed E-state index contributed by atoms with van der Waals surface area (Å²) in [6.07, 6.45) is 10.6. The third-order valence-electron chi connectivity index (χ3n) is 5.85. The topological polar surface area (TPSA) is 117 Å². The number of nitrogens with zero attached hydrogens (tertiary/aromatic N) is 7. The summed E-state index contributed by atoms with van der Waals surface area (Å²) in [4.78, 5) is 32.6. The molecule has 4 aromatic heterocycles. The number of rotatable bonds is 5. The van der Waals surface area contributed by atoms with Crippen molar-refractivity contribution in [3.63, 3.8) is 0 Å². The molecule has 1 aliphatic carbocycles. The van der Waals surface area contributed by atoms with Crippen LogP contribution in [-0.4, -0.2) is 51.9 Å². The summed E-state index contributed by atoms with van der Waals surface area (Å²) < 4.78 is 1.89. The van der Waals surface area contributed by atoms with E-state index < -0.39 is 0 Å². The fourth-order valence-corrected chi connectivity index (χ4v) is 4.14. The first kappa shape index (κ1) is 18.0. The van der Waals surface area contributed by atoms with Crippen molar-refractivity contribution in [1.29, 1.82) is 0 Å². The van der Waals surface area contributed by atoms with E-state index in [1.165, 1.54) is 25.2 Å². The number of aromatic nitrogens is 7. The molecule has 1 aliphatic heterocycles. The predicted molar refractivity (Wildman–Crippen MR) is 112 cm³/mol. The first-order valence-corrected chi connectivity index (χ1v) is 10.5. The Morgan fingerprint density at radius 2 is 2.13 bits per heavy atom. The van der Waals surface area contributed by atoms with Crippen molar-refractivity contribution in [2.24, 2.45) is 0 Å². The fraction of sp³-hybridized carbons (Fsp3) is 0.333. The van der Waals surface area contributed by atoms with Crippen molar-refractivity contribution in [1.82, 2.24) is 39.4 Å². The Balaban J connectivity index is 1.34. The van der Waals surface area contributed by atoms with Gasteiger partial charge >= 0.3 is 0 Å². The van der Waals surface area contributed by atoms with Crippen LogP contribution >= 0.6 is 0 Å². The molecule has 6 rings (SSSR count). The van der Waals surface area contributed by atoms with Crippen molar-refractivity contribution in [3.05, 3.63) is 60.2 Å². The number of H-pyrrole nitrogens is 1. The lowest BCUT2D eigenvalue weighted by molar-refractivity contribution is 0.0723. The van der Waals surface area contributed by atoms with Crippen molar-refractivity contribution in [3.8, 4) is 0 Å². The van der Waals surface area contributed by atoms with Gasteiger partial charge in [-0.2, -0.15) is 10.1 Å². The molecule has 1 saturated heterocycles. The minimum absolute atomic E-state index is 0.148. The molecule has 0 spiro atoms. The highest BCUT2D eigenvalue weighted by Gasteiger charge is 2.34. The van der Waals surface area contributed by atoms with Crippen LogP contribution in [0.15, 0.2) is 43.0 Å². The summed E-state index contributed by atoms with van der Waals surface area (Å²) in [6.45, 7) is 0.641. The molecule has 4 aromatic rings. The number of amides is 1. The van der Waals surface area contributed by atoms with Gasteiger partial charge in [0.15, 0.2) is 11.6 Å². The Labute approximate surface area is 177 Å². The van der Waals surface area contributed by atoms with Crippen molar-refractivity contribution in [2.45, 2.75) is 37.6 Å². The number of carbonyl (C=O) groups is 1. The van der Waals surface area contributed by atoms with Crippen LogP contribution in [-0.2, 0) is 0 Å². The number of aromatic amines is 1. The van der Waals surface area contributed by atoms with E-state index in [0.29, 0.717) is 29.9 Å². The smallest absolute Gasteiger partial charge is 0.274 e. The second-order valence-corrected chi connectivity index (χ2v) is 8.00. The molecule has 2 N–H and O–H groups in total. The van der Waals surface area contributed by atoms with E-state index in [4.69, 9.17) is 9.97 Å². The number of nitrogens with one attached hydrogen (secondary N) is 2. The van der Waals surface area contributed by atoms with Crippen LogP contribution in [0.4, 0.5) is 11.8 Å². The quantitative estimate of drug-likeness (QED) is 0.515. The molecule has 5 heterocycles. The molecule has 31 heavy (non-hydrogen) atoms. The van der Waals surface area contributed by atoms with E-state index in [9.17, 15) is 4.79 Å². The molecule has 0 aromatic carbocycles. The van der Waals surface area contributed by atoms with Gasteiger partial charge in [0.2, 0.25) is 5.95 Å². The van der Waals surface area contributed by atoms with E-state index in [1.807, 2.05) is 28.8 Å². The Morgan fingerprint density at radius 1 is 1.19 bits per heavy atom. The van der Waals surface area contributed by atoms with Gasteiger partial charge in [-0.15, -0.1) is 0 Å². The molecule has 156 valence electrons. The Kier molecular flexibility index (Phi) is 4.15. The molecule has 1 atom stereocenters. The monoisotopic (exact) mass is 415 g/mol. The van der Waals surface area contributed by atoms with E-state index in [-0.39, 0.29) is 11.9 Å². The van der Waals surface area contributed by atoms with E-state index in [0.717, 1.165) is 30.0 Å². The largest absolute Gasteiger partial charge is 0.327 e. The number of anilines is 2. The third-order valence-corrected chi connectivity index (χ3v) is 5.85. The molecule has 10 heteroatoms. The van der Waals surface area contributed by atoms with E-state index >= 15 is 0 Å². The van der Waals surface area contributed by atoms with Crippen molar-refractivity contribution < 1.29 is 4.79 Å². The van der Waals surface area contributed by atoms with Crippen molar-refractivity contribution >= 4 is 23.3 Å². The van der Waals surface area contributed by atoms with Crippen LogP contribution in [0.1, 0.15) is 59.6 Å². The van der Waals surface area contributed by atoms with Crippen molar-refractivity contribution in [2.75, 3.05) is 11.9 Å². The zero-order valence-corrected chi connectivity index (χ0v) is 16.8. The Bertz CT molecular complexity index is 1240. The maximum Gasteiger partial charge on any atom is 0.274 e. The van der Waals surface area contributed by atoms with Gasteiger partial charge in [0.25, 0.3) is 5.91 Å². The predicted octanol–water partition coefficient (Wildman–Crippen LogP) is 2.84. The van der Waals surface area contributed by atoms with E-state index in [1.54, 1.807) is 11.1 Å². The summed E-state index contributed by atoms with van der Waals surface area (Å²) >= 11 is 0. The number of hydrogen-bond acceptors (Lipinski definition) is 7. The van der Waals surface area contributed by atoms with Crippen LogP contribution in [0.2, 0.25) is 0 Å². The van der Waals surface area contributed by atoms with Crippen LogP contribution in [0.5, 0.6) is 0 Å². The maximum absolute atomic E-state index is 13.0. The SMILES string of the molecule is O=C(c1cnccn1)N1CCC[C@@H]1c1nc(Nc2cc(C3CC3)[nH]n2)n2cccc2n1. The maximum atomic E-state index is 13.0. The molecule has 1 saturated carbocycles. The van der Waals surface area contributed by atoms with Gasteiger partial charge in [0.1, 0.15) is 11.3 Å². The molecule has 0 bridgehead atoms. The summed E-state index contributed by atoms with van der Waals surface area (Å²) in [5, 5.41) is 10.8. The van der Waals surface area contributed by atoms with Gasteiger partial charge < -0.3 is 10.2 Å². The fourth-order valence-electron chi connectivity index (χ4n) is 4.14. The van der Waals surface area contributed by atoms with E-state index in [2.05, 4.69) is 25.5 Å². The second-order valence-electron chi connectivity index (χ2n) is 8.00. The summed E-state index contributed by atoms with van der Waals surface area (Å²) in [5.74, 6) is 2.40. The van der Waals surface area contributed by atoms with Gasteiger partial charge in [0.05, 0.1) is 12.2 Å². The lowest BCUT2D eigenvalue weighted by Crippen LogP contribution is -2.32. The number of likely N-dealkylation sites (tertiary alicyclic amines) is 1. The standard InChI is InChI=1S/C21H21N9O/c31-20(15-12-22-7-8-23-15)29-9-1-3-16(29)19-25-18-4-2-10-30(18)21(26-19)24-17-11-14(27-28-17)13-5-6-13/h2,4,7-8,10-13,16H,1,3,5-6,9H2,(H2,24,25,26,27,28)/t16-/m1/s1. The zero-order valence-electron chi connectivity index (χ0n) is 16.8. The highest BCUT2D eigenvalue weighted by molar-refractivity contribution is 5.92. The highest BCUT2D eigenvalue weighted by Crippen LogP contribution is 2.39. The molecule has 2 aliphatic rings. The van der Waals surface area contributed by atoms with Crippen LogP contribution in [0.25, 0.3) is 5.65 Å². The Hall–Kier alpha value is -3.82. The molecule has 0 unspecified atom stereocenters. The minimum atomic E-state index is -0.212. The van der Waals surface area contributed by atoms with Gasteiger partial charge in [0, 0.05) is 42.8 Å². The molecule has 2 fully saturated rings. The second kappa shape index (κ2) is 7.15.